The lowest BCUT2D eigenvalue weighted by atomic mass is 10.0. The molecule has 3 aromatic rings. The van der Waals surface area contributed by atoms with Crippen molar-refractivity contribution in [1.29, 1.82) is 0 Å². The molecule has 184 valence electrons. The molecule has 0 aromatic heterocycles. The summed E-state index contributed by atoms with van der Waals surface area (Å²) in [5.41, 5.74) is 1.52. The first-order valence-corrected chi connectivity index (χ1v) is 12.6. The number of rotatable bonds is 6. The molecule has 2 fully saturated rings. The summed E-state index contributed by atoms with van der Waals surface area (Å²) in [7, 11) is 1.53. The Labute approximate surface area is 217 Å². The van der Waals surface area contributed by atoms with E-state index in [0.29, 0.717) is 28.1 Å². The number of nitrogens with one attached hydrogen (secondary N) is 1. The number of urea groups is 1. The van der Waals surface area contributed by atoms with Crippen molar-refractivity contribution in [2.24, 2.45) is 0 Å². The van der Waals surface area contributed by atoms with Crippen LogP contribution < -0.4 is 14.8 Å². The van der Waals surface area contributed by atoms with Crippen molar-refractivity contribution in [3.05, 3.63) is 75.8 Å². The van der Waals surface area contributed by atoms with Gasteiger partial charge in [-0.05, 0) is 68.9 Å². The van der Waals surface area contributed by atoms with E-state index in [9.17, 15) is 14.4 Å². The van der Waals surface area contributed by atoms with Crippen molar-refractivity contribution in [3.8, 4) is 11.5 Å². The van der Waals surface area contributed by atoms with Crippen LogP contribution in [0.25, 0.3) is 16.8 Å². The number of halogens is 1. The fourth-order valence-corrected chi connectivity index (χ4v) is 5.44. The Morgan fingerprint density at radius 2 is 1.81 bits per heavy atom. The van der Waals surface area contributed by atoms with Gasteiger partial charge >= 0.3 is 6.03 Å². The van der Waals surface area contributed by atoms with Crippen LogP contribution in [0.2, 0.25) is 0 Å². The number of benzene rings is 3. The summed E-state index contributed by atoms with van der Waals surface area (Å²) in [5.74, 6) is -0.314. The lowest BCUT2D eigenvalue weighted by Gasteiger charge is -2.31. The smallest absolute Gasteiger partial charge is 0.331 e. The van der Waals surface area contributed by atoms with Crippen LogP contribution in [0.15, 0.2) is 64.6 Å². The zero-order valence-electron chi connectivity index (χ0n) is 19.8. The van der Waals surface area contributed by atoms with Gasteiger partial charge in [-0.3, -0.25) is 19.8 Å². The Hall–Kier alpha value is -3.65. The number of amides is 4. The molecular weight excluding hydrogens is 524 g/mol. The van der Waals surface area contributed by atoms with E-state index >= 15 is 0 Å². The monoisotopic (exact) mass is 548 g/mol. The van der Waals surface area contributed by atoms with Gasteiger partial charge in [0, 0.05) is 6.04 Å². The molecule has 1 aliphatic heterocycles. The zero-order chi connectivity index (χ0) is 25.2. The minimum atomic E-state index is -0.703. The fraction of sp³-hybridized carbons (Fsp3) is 0.250. The Bertz CT molecular complexity index is 1390. The highest BCUT2D eigenvalue weighted by Gasteiger charge is 2.40. The molecule has 1 heterocycles. The molecule has 1 N–H and O–H groups in total. The Balaban J connectivity index is 1.42. The van der Waals surface area contributed by atoms with Crippen LogP contribution in [0, 0.1) is 0 Å². The van der Waals surface area contributed by atoms with Gasteiger partial charge in [0.1, 0.15) is 12.2 Å². The van der Waals surface area contributed by atoms with Crippen LogP contribution in [0.4, 0.5) is 4.79 Å². The summed E-state index contributed by atoms with van der Waals surface area (Å²) in [5, 5.41) is 4.55. The molecule has 3 aromatic carbocycles. The molecule has 7 nitrogen and oxygen atoms in total. The zero-order valence-corrected chi connectivity index (χ0v) is 21.3. The number of ether oxygens (including phenoxy) is 2. The van der Waals surface area contributed by atoms with E-state index in [-0.39, 0.29) is 11.6 Å². The normalized spacial score (nSPS) is 17.7. The predicted octanol–water partition coefficient (Wildman–Crippen LogP) is 5.59. The van der Waals surface area contributed by atoms with Crippen molar-refractivity contribution in [2.45, 2.75) is 38.3 Å². The predicted molar refractivity (Wildman–Crippen MR) is 140 cm³/mol. The molecule has 0 spiro atoms. The topological polar surface area (TPSA) is 84.9 Å². The third-order valence-corrected chi connectivity index (χ3v) is 7.23. The molecule has 1 aliphatic carbocycles. The number of fused-ring (bicyclic) bond motifs is 1. The van der Waals surface area contributed by atoms with E-state index in [1.165, 1.54) is 18.1 Å². The van der Waals surface area contributed by atoms with Gasteiger partial charge in [0.25, 0.3) is 11.8 Å². The summed E-state index contributed by atoms with van der Waals surface area (Å²) in [4.78, 5) is 39.2. The number of carbonyl (C=O) groups excluding carboxylic acids is 3. The molecule has 1 saturated heterocycles. The second kappa shape index (κ2) is 10.1. The molecule has 0 radical (unpaired) electrons. The summed E-state index contributed by atoms with van der Waals surface area (Å²) < 4.78 is 12.3. The summed E-state index contributed by atoms with van der Waals surface area (Å²) in [6.45, 7) is 0.329. The van der Waals surface area contributed by atoms with Crippen molar-refractivity contribution >= 4 is 50.6 Å². The maximum Gasteiger partial charge on any atom is 0.331 e. The van der Waals surface area contributed by atoms with E-state index in [2.05, 4.69) is 39.4 Å². The number of methoxy groups -OCH3 is 1. The van der Waals surface area contributed by atoms with Gasteiger partial charge in [0.15, 0.2) is 11.5 Å². The Morgan fingerprint density at radius 3 is 2.58 bits per heavy atom. The molecule has 8 heteroatoms. The second-order valence-corrected chi connectivity index (χ2v) is 9.75. The summed E-state index contributed by atoms with van der Waals surface area (Å²) in [6, 6.07) is 16.8. The largest absolute Gasteiger partial charge is 0.493 e. The van der Waals surface area contributed by atoms with E-state index in [1.54, 1.807) is 12.1 Å². The Morgan fingerprint density at radius 1 is 1.06 bits per heavy atom. The van der Waals surface area contributed by atoms with Gasteiger partial charge in [-0.15, -0.1) is 0 Å². The standard InChI is InChI=1S/C28H25BrN2O5/c1-35-24-15-17(13-22-26(32)30-28(34)31(27(22)33)20-10-3-4-11-20)14-23(29)25(24)36-16-19-9-6-8-18-7-2-5-12-21(18)19/h2,5-9,12-15,20H,3-4,10-11,16H2,1H3,(H,30,32,34)/b22-13-. The SMILES string of the molecule is COc1cc(/C=C2/C(=O)NC(=O)N(C3CCCC3)C2=O)cc(Br)c1OCc1cccc2ccccc12. The Kier molecular flexibility index (Phi) is 6.78. The molecule has 1 saturated carbocycles. The number of hydrogen-bond acceptors (Lipinski definition) is 5. The van der Waals surface area contributed by atoms with Crippen LogP contribution in [0.3, 0.4) is 0 Å². The minimum Gasteiger partial charge on any atom is -0.493 e. The number of imide groups is 2. The average molecular weight is 549 g/mol. The third-order valence-electron chi connectivity index (χ3n) is 6.64. The minimum absolute atomic E-state index is 0.0834. The van der Waals surface area contributed by atoms with Gasteiger partial charge in [0.05, 0.1) is 11.6 Å². The molecule has 5 rings (SSSR count). The highest BCUT2D eigenvalue weighted by atomic mass is 79.9. The molecule has 0 unspecified atom stereocenters. The molecule has 0 bridgehead atoms. The third kappa shape index (κ3) is 4.60. The van der Waals surface area contributed by atoms with Gasteiger partial charge < -0.3 is 9.47 Å². The van der Waals surface area contributed by atoms with Crippen LogP contribution in [-0.4, -0.2) is 35.9 Å². The van der Waals surface area contributed by atoms with E-state index < -0.39 is 17.8 Å². The number of carbonyl (C=O) groups is 3. The summed E-state index contributed by atoms with van der Waals surface area (Å²) in [6.07, 6.45) is 4.90. The van der Waals surface area contributed by atoms with E-state index in [0.717, 1.165) is 42.0 Å². The first-order chi connectivity index (χ1) is 17.5. The number of barbiturate groups is 1. The fourth-order valence-electron chi connectivity index (χ4n) is 4.86. The van der Waals surface area contributed by atoms with Crippen LogP contribution >= 0.6 is 15.9 Å². The number of nitrogens with zero attached hydrogens (tertiary/aromatic N) is 1. The molecule has 4 amide bonds. The summed E-state index contributed by atoms with van der Waals surface area (Å²) >= 11 is 3.55. The highest BCUT2D eigenvalue weighted by molar-refractivity contribution is 9.10. The molecule has 0 atom stereocenters. The number of hydrogen-bond donors (Lipinski definition) is 1. The lowest BCUT2D eigenvalue weighted by molar-refractivity contribution is -0.131. The maximum atomic E-state index is 13.1. The molecule has 2 aliphatic rings. The van der Waals surface area contributed by atoms with Crippen molar-refractivity contribution < 1.29 is 23.9 Å². The van der Waals surface area contributed by atoms with Crippen LogP contribution in [-0.2, 0) is 16.2 Å². The van der Waals surface area contributed by atoms with Gasteiger partial charge in [0.2, 0.25) is 0 Å². The van der Waals surface area contributed by atoms with Crippen LogP contribution in [0.5, 0.6) is 11.5 Å². The van der Waals surface area contributed by atoms with Gasteiger partial charge in [-0.1, -0.05) is 55.3 Å². The first-order valence-electron chi connectivity index (χ1n) is 11.8. The van der Waals surface area contributed by atoms with E-state index in [1.807, 2.05) is 24.3 Å². The van der Waals surface area contributed by atoms with Crippen molar-refractivity contribution in [3.63, 3.8) is 0 Å². The van der Waals surface area contributed by atoms with Gasteiger partial charge in [-0.2, -0.15) is 0 Å². The first kappa shape index (κ1) is 24.1. The highest BCUT2D eigenvalue weighted by Crippen LogP contribution is 2.38. The average Bonchev–Trinajstić information content (AvgIpc) is 3.40. The van der Waals surface area contributed by atoms with Crippen molar-refractivity contribution in [2.75, 3.05) is 7.11 Å². The lowest BCUT2D eigenvalue weighted by Crippen LogP contribution is -2.57. The van der Waals surface area contributed by atoms with Gasteiger partial charge in [-0.25, -0.2) is 4.79 Å². The quantitative estimate of drug-likeness (QED) is 0.320. The van der Waals surface area contributed by atoms with Crippen molar-refractivity contribution in [1.82, 2.24) is 10.2 Å². The second-order valence-electron chi connectivity index (χ2n) is 8.89. The maximum absolute atomic E-state index is 13.1. The molecule has 36 heavy (non-hydrogen) atoms. The molecular formula is C28H25BrN2O5. The van der Waals surface area contributed by atoms with Crippen LogP contribution in [0.1, 0.15) is 36.8 Å². The van der Waals surface area contributed by atoms with E-state index in [4.69, 9.17) is 9.47 Å².